The third-order valence-corrected chi connectivity index (χ3v) is 4.87. The average Bonchev–Trinajstić information content (AvgIpc) is 2.36. The highest BCUT2D eigenvalue weighted by Gasteiger charge is 2.45. The number of carbonyl (C=O) groups excluding carboxylic acids is 1. The van der Waals surface area contributed by atoms with E-state index in [0.29, 0.717) is 6.54 Å². The Bertz CT molecular complexity index is 330. The maximum Gasteiger partial charge on any atom is 0.242 e. The third kappa shape index (κ3) is 2.41. The van der Waals surface area contributed by atoms with Gasteiger partial charge in [-0.3, -0.25) is 4.79 Å². The smallest absolute Gasteiger partial charge is 0.242 e. The van der Waals surface area contributed by atoms with Crippen molar-refractivity contribution in [3.05, 3.63) is 0 Å². The molecule has 0 radical (unpaired) electrons. The van der Waals surface area contributed by atoms with Crippen LogP contribution in [0.3, 0.4) is 0 Å². The van der Waals surface area contributed by atoms with E-state index in [2.05, 4.69) is 5.32 Å². The number of likely N-dealkylation sites (tertiary alicyclic amines) is 1. The largest absolute Gasteiger partial charge is 0.389 e. The van der Waals surface area contributed by atoms with Gasteiger partial charge in [0.2, 0.25) is 5.91 Å². The molecule has 0 bridgehead atoms. The zero-order valence-corrected chi connectivity index (χ0v) is 11.8. The molecule has 104 valence electrons. The summed E-state index contributed by atoms with van der Waals surface area (Å²) in [4.78, 5) is 14.3. The molecule has 2 unspecified atom stereocenters. The second kappa shape index (κ2) is 4.82. The summed E-state index contributed by atoms with van der Waals surface area (Å²) in [5.74, 6) is 0.425. The maximum absolute atomic E-state index is 12.4. The van der Waals surface area contributed by atoms with Gasteiger partial charge in [0, 0.05) is 19.0 Å². The first-order valence-electron chi connectivity index (χ1n) is 7.10. The lowest BCUT2D eigenvalue weighted by Crippen LogP contribution is -2.60. The molecule has 2 rings (SSSR count). The van der Waals surface area contributed by atoms with Gasteiger partial charge in [-0.05, 0) is 40.2 Å². The summed E-state index contributed by atoms with van der Waals surface area (Å²) in [5, 5.41) is 13.7. The van der Waals surface area contributed by atoms with Gasteiger partial charge in [-0.25, -0.2) is 0 Å². The van der Waals surface area contributed by atoms with Crippen LogP contribution in [0.5, 0.6) is 0 Å². The Kier molecular flexibility index (Phi) is 3.70. The van der Waals surface area contributed by atoms with Crippen LogP contribution in [0.25, 0.3) is 0 Å². The number of rotatable bonds is 2. The van der Waals surface area contributed by atoms with Crippen LogP contribution in [0.4, 0.5) is 0 Å². The van der Waals surface area contributed by atoms with Crippen molar-refractivity contribution in [2.45, 2.75) is 57.1 Å². The Balaban J connectivity index is 2.05. The summed E-state index contributed by atoms with van der Waals surface area (Å²) in [6.45, 7) is 5.24. The van der Waals surface area contributed by atoms with Crippen LogP contribution < -0.4 is 5.32 Å². The number of nitrogens with zero attached hydrogens (tertiary/aromatic N) is 1. The van der Waals surface area contributed by atoms with Gasteiger partial charge in [0.1, 0.15) is 0 Å². The molecule has 1 aliphatic heterocycles. The predicted molar refractivity (Wildman–Crippen MR) is 71.2 cm³/mol. The minimum absolute atomic E-state index is 0.151. The number of piperidine rings is 1. The maximum atomic E-state index is 12.4. The average molecular weight is 254 g/mol. The van der Waals surface area contributed by atoms with E-state index < -0.39 is 11.1 Å². The van der Waals surface area contributed by atoms with Gasteiger partial charge in [-0.15, -0.1) is 0 Å². The number of nitrogens with one attached hydrogen (secondary N) is 1. The molecule has 0 spiro atoms. The summed E-state index contributed by atoms with van der Waals surface area (Å²) in [6, 6.07) is 0. The van der Waals surface area contributed by atoms with Gasteiger partial charge in [0.15, 0.2) is 0 Å². The fourth-order valence-corrected chi connectivity index (χ4v) is 3.26. The fourth-order valence-electron chi connectivity index (χ4n) is 3.26. The van der Waals surface area contributed by atoms with E-state index in [1.165, 1.54) is 6.42 Å². The van der Waals surface area contributed by atoms with Crippen molar-refractivity contribution in [1.82, 2.24) is 10.2 Å². The number of hydrogen-bond acceptors (Lipinski definition) is 3. The lowest BCUT2D eigenvalue weighted by atomic mass is 9.71. The second-order valence-electron chi connectivity index (χ2n) is 6.42. The van der Waals surface area contributed by atoms with E-state index in [9.17, 15) is 9.90 Å². The standard InChI is InChI=1S/C14H26N2O2/c1-13(2,15-3)12(17)16-9-8-14(18)7-5-4-6-11(14)10-16/h11,15,18H,4-10H2,1-3H3. The summed E-state index contributed by atoms with van der Waals surface area (Å²) in [6.07, 6.45) is 5.02. The normalized spacial score (nSPS) is 33.1. The van der Waals surface area contributed by atoms with Crippen molar-refractivity contribution in [3.63, 3.8) is 0 Å². The van der Waals surface area contributed by atoms with Crippen LogP contribution in [-0.4, -0.2) is 47.2 Å². The molecule has 0 aromatic rings. The zero-order valence-electron chi connectivity index (χ0n) is 11.8. The molecule has 4 nitrogen and oxygen atoms in total. The van der Waals surface area contributed by atoms with Crippen molar-refractivity contribution in [3.8, 4) is 0 Å². The van der Waals surface area contributed by atoms with E-state index in [1.54, 1.807) is 0 Å². The fraction of sp³-hybridized carbons (Fsp3) is 0.929. The molecule has 2 N–H and O–H groups in total. The Morgan fingerprint density at radius 1 is 1.39 bits per heavy atom. The van der Waals surface area contributed by atoms with E-state index in [4.69, 9.17) is 0 Å². The molecular formula is C14H26N2O2. The SMILES string of the molecule is CNC(C)(C)C(=O)N1CCC2(O)CCCCC2C1. The molecule has 2 atom stereocenters. The minimum atomic E-state index is -0.510. The Hall–Kier alpha value is -0.610. The Labute approximate surface area is 110 Å². The van der Waals surface area contributed by atoms with Gasteiger partial charge in [0.05, 0.1) is 11.1 Å². The molecule has 0 aromatic carbocycles. The highest BCUT2D eigenvalue weighted by atomic mass is 16.3. The third-order valence-electron chi connectivity index (χ3n) is 4.87. The zero-order chi connectivity index (χ0) is 13.4. The van der Waals surface area contributed by atoms with Crippen LogP contribution in [0, 0.1) is 5.92 Å². The number of hydrogen-bond donors (Lipinski definition) is 2. The molecule has 1 amide bonds. The van der Waals surface area contributed by atoms with Crippen molar-refractivity contribution < 1.29 is 9.90 Å². The van der Waals surface area contributed by atoms with Crippen LogP contribution in [-0.2, 0) is 4.79 Å². The molecular weight excluding hydrogens is 228 g/mol. The first kappa shape index (κ1) is 13.8. The molecule has 4 heteroatoms. The number of carbonyl (C=O) groups is 1. The van der Waals surface area contributed by atoms with Crippen LogP contribution in [0.1, 0.15) is 46.0 Å². The van der Waals surface area contributed by atoms with Gasteiger partial charge in [-0.1, -0.05) is 12.8 Å². The Morgan fingerprint density at radius 3 is 2.78 bits per heavy atom. The summed E-state index contributed by atoms with van der Waals surface area (Å²) in [7, 11) is 1.82. The van der Waals surface area contributed by atoms with Crippen molar-refractivity contribution in [2.24, 2.45) is 5.92 Å². The first-order valence-corrected chi connectivity index (χ1v) is 7.10. The number of amides is 1. The van der Waals surface area contributed by atoms with E-state index in [-0.39, 0.29) is 11.8 Å². The highest BCUT2D eigenvalue weighted by molar-refractivity contribution is 5.85. The van der Waals surface area contributed by atoms with Crippen LogP contribution in [0.15, 0.2) is 0 Å². The van der Waals surface area contributed by atoms with E-state index >= 15 is 0 Å². The molecule has 2 aliphatic rings. The van der Waals surface area contributed by atoms with Gasteiger partial charge < -0.3 is 15.3 Å². The summed E-state index contributed by atoms with van der Waals surface area (Å²) >= 11 is 0. The molecule has 0 aromatic heterocycles. The predicted octanol–water partition coefficient (Wildman–Crippen LogP) is 1.14. The van der Waals surface area contributed by atoms with Crippen molar-refractivity contribution >= 4 is 5.91 Å². The highest BCUT2D eigenvalue weighted by Crippen LogP contribution is 2.40. The molecule has 18 heavy (non-hydrogen) atoms. The number of aliphatic hydroxyl groups is 1. The van der Waals surface area contributed by atoms with Crippen molar-refractivity contribution in [2.75, 3.05) is 20.1 Å². The van der Waals surface area contributed by atoms with Gasteiger partial charge in [0.25, 0.3) is 0 Å². The lowest BCUT2D eigenvalue weighted by Gasteiger charge is -2.48. The monoisotopic (exact) mass is 254 g/mol. The number of fused-ring (bicyclic) bond motifs is 1. The van der Waals surface area contributed by atoms with Gasteiger partial charge in [-0.2, -0.15) is 0 Å². The minimum Gasteiger partial charge on any atom is -0.389 e. The van der Waals surface area contributed by atoms with Crippen LogP contribution in [0.2, 0.25) is 0 Å². The summed E-state index contributed by atoms with van der Waals surface area (Å²) in [5.41, 5.74) is -1.01. The molecule has 1 aliphatic carbocycles. The second-order valence-corrected chi connectivity index (χ2v) is 6.42. The quantitative estimate of drug-likeness (QED) is 0.777. The molecule has 2 fully saturated rings. The summed E-state index contributed by atoms with van der Waals surface area (Å²) < 4.78 is 0. The molecule has 1 heterocycles. The number of likely N-dealkylation sites (N-methyl/N-ethyl adjacent to an activating group) is 1. The molecule has 1 saturated carbocycles. The van der Waals surface area contributed by atoms with Gasteiger partial charge >= 0.3 is 0 Å². The van der Waals surface area contributed by atoms with E-state index in [1.807, 2.05) is 25.8 Å². The topological polar surface area (TPSA) is 52.6 Å². The van der Waals surface area contributed by atoms with E-state index in [0.717, 1.165) is 32.2 Å². The first-order chi connectivity index (χ1) is 8.39. The van der Waals surface area contributed by atoms with Crippen molar-refractivity contribution in [1.29, 1.82) is 0 Å². The lowest BCUT2D eigenvalue weighted by molar-refractivity contribution is -0.148. The molecule has 1 saturated heterocycles. The Morgan fingerprint density at radius 2 is 2.11 bits per heavy atom. The van der Waals surface area contributed by atoms with Crippen LogP contribution >= 0.6 is 0 Å².